The summed E-state index contributed by atoms with van der Waals surface area (Å²) in [7, 11) is 2.18. The maximum Gasteiger partial charge on any atom is 0.185 e. The summed E-state index contributed by atoms with van der Waals surface area (Å²) in [6, 6.07) is 11.2. The number of hydrogen-bond acceptors (Lipinski definition) is 4. The van der Waals surface area contributed by atoms with E-state index in [0.717, 1.165) is 31.0 Å². The molecule has 1 aromatic carbocycles. The van der Waals surface area contributed by atoms with Crippen molar-refractivity contribution in [2.45, 2.75) is 25.3 Å². The Morgan fingerprint density at radius 2 is 2.13 bits per heavy atom. The molecule has 3 heterocycles. The summed E-state index contributed by atoms with van der Waals surface area (Å²) in [4.78, 5) is 9.10. The summed E-state index contributed by atoms with van der Waals surface area (Å²) in [6.45, 7) is 2.94. The van der Waals surface area contributed by atoms with Crippen molar-refractivity contribution in [1.29, 1.82) is 0 Å². The van der Waals surface area contributed by atoms with E-state index in [2.05, 4.69) is 53.0 Å². The van der Waals surface area contributed by atoms with Gasteiger partial charge in [-0.3, -0.25) is 4.98 Å². The third kappa shape index (κ3) is 2.93. The number of para-hydroxylation sites is 1. The standard InChI is InChI=1S/C18H22BN3O/c19-22-8-3-5-15(22)13-23-17-10-16(11-20-12-17)21-9-7-14-4-1-2-6-18(14)21/h1-2,4,6,10-12,15H,3,5,7-9,13,19H2/t15-/m0/s1. The van der Waals surface area contributed by atoms with Gasteiger partial charge in [-0.1, -0.05) is 18.2 Å². The number of pyridine rings is 1. The molecule has 118 valence electrons. The van der Waals surface area contributed by atoms with E-state index in [-0.39, 0.29) is 0 Å². The van der Waals surface area contributed by atoms with Gasteiger partial charge in [-0.25, -0.2) is 0 Å². The molecule has 0 radical (unpaired) electrons. The summed E-state index contributed by atoms with van der Waals surface area (Å²) in [5.74, 6) is 0.868. The molecule has 0 unspecified atom stereocenters. The summed E-state index contributed by atoms with van der Waals surface area (Å²) >= 11 is 0. The molecule has 0 N–H and O–H groups in total. The predicted molar refractivity (Wildman–Crippen MR) is 95.2 cm³/mol. The second kappa shape index (κ2) is 6.24. The van der Waals surface area contributed by atoms with Crippen molar-refractivity contribution >= 4 is 19.4 Å². The zero-order chi connectivity index (χ0) is 15.6. The molecule has 2 aliphatic rings. The lowest BCUT2D eigenvalue weighted by atomic mass is 10.2. The minimum absolute atomic E-state index is 0.533. The van der Waals surface area contributed by atoms with Crippen LogP contribution in [0.3, 0.4) is 0 Å². The van der Waals surface area contributed by atoms with Crippen molar-refractivity contribution in [1.82, 2.24) is 9.79 Å². The van der Waals surface area contributed by atoms with Gasteiger partial charge in [0.2, 0.25) is 0 Å². The highest BCUT2D eigenvalue weighted by molar-refractivity contribution is 6.04. The van der Waals surface area contributed by atoms with Crippen molar-refractivity contribution in [2.24, 2.45) is 0 Å². The van der Waals surface area contributed by atoms with Crippen LogP contribution in [0.25, 0.3) is 0 Å². The lowest BCUT2D eigenvalue weighted by molar-refractivity contribution is 0.236. The predicted octanol–water partition coefficient (Wildman–Crippen LogP) is 2.17. The lowest BCUT2D eigenvalue weighted by Crippen LogP contribution is -2.31. The van der Waals surface area contributed by atoms with Gasteiger partial charge in [0.05, 0.1) is 18.1 Å². The molecule has 4 rings (SSSR count). The zero-order valence-electron chi connectivity index (χ0n) is 13.6. The smallest absolute Gasteiger partial charge is 0.185 e. The SMILES string of the molecule is BN1CCC[C@H]1COc1cncc(N2CCc3ccccc32)c1. The fourth-order valence-electron chi connectivity index (χ4n) is 3.62. The molecule has 1 fully saturated rings. The van der Waals surface area contributed by atoms with Gasteiger partial charge in [0.25, 0.3) is 0 Å². The zero-order valence-corrected chi connectivity index (χ0v) is 13.6. The Labute approximate surface area is 138 Å². The second-order valence-electron chi connectivity index (χ2n) is 6.50. The van der Waals surface area contributed by atoms with E-state index < -0.39 is 0 Å². The monoisotopic (exact) mass is 307 g/mol. The van der Waals surface area contributed by atoms with Gasteiger partial charge in [0.15, 0.2) is 7.98 Å². The Kier molecular flexibility index (Phi) is 3.96. The normalized spacial score (nSPS) is 20.7. The average Bonchev–Trinajstić information content (AvgIpc) is 3.19. The minimum atomic E-state index is 0.533. The summed E-state index contributed by atoms with van der Waals surface area (Å²) in [5, 5.41) is 0. The minimum Gasteiger partial charge on any atom is -0.490 e. The molecule has 0 spiro atoms. The maximum atomic E-state index is 6.02. The van der Waals surface area contributed by atoms with Crippen LogP contribution in [-0.4, -0.2) is 43.5 Å². The molecule has 0 amide bonds. The summed E-state index contributed by atoms with van der Waals surface area (Å²) < 4.78 is 6.02. The van der Waals surface area contributed by atoms with E-state index >= 15 is 0 Å². The number of nitrogens with zero attached hydrogens (tertiary/aromatic N) is 3. The van der Waals surface area contributed by atoms with Crippen molar-refractivity contribution in [2.75, 3.05) is 24.6 Å². The Hall–Kier alpha value is -2.01. The first-order valence-corrected chi connectivity index (χ1v) is 8.45. The van der Waals surface area contributed by atoms with Crippen molar-refractivity contribution in [3.05, 3.63) is 48.3 Å². The van der Waals surface area contributed by atoms with Gasteiger partial charge in [0, 0.05) is 24.3 Å². The van der Waals surface area contributed by atoms with Gasteiger partial charge in [-0.15, -0.1) is 0 Å². The number of hydrogen-bond donors (Lipinski definition) is 0. The quantitative estimate of drug-likeness (QED) is 0.810. The second-order valence-corrected chi connectivity index (χ2v) is 6.50. The molecule has 4 nitrogen and oxygen atoms in total. The Bertz CT molecular complexity index is 693. The molecule has 1 saturated heterocycles. The molecule has 1 aromatic heterocycles. The van der Waals surface area contributed by atoms with Crippen LogP contribution in [0.4, 0.5) is 11.4 Å². The van der Waals surface area contributed by atoms with Crippen molar-refractivity contribution < 1.29 is 4.74 Å². The first-order chi connectivity index (χ1) is 11.3. The molecule has 0 saturated carbocycles. The van der Waals surface area contributed by atoms with Gasteiger partial charge in [0.1, 0.15) is 12.4 Å². The first-order valence-electron chi connectivity index (χ1n) is 8.45. The molecule has 1 atom stereocenters. The molecule has 0 aliphatic carbocycles. The average molecular weight is 307 g/mol. The number of aromatic nitrogens is 1. The number of benzene rings is 1. The van der Waals surface area contributed by atoms with Crippen LogP contribution in [0.2, 0.25) is 0 Å². The first kappa shape index (κ1) is 14.6. The fraction of sp³-hybridized carbons (Fsp3) is 0.389. The number of ether oxygens (including phenoxy) is 1. The van der Waals surface area contributed by atoms with E-state index in [9.17, 15) is 0 Å². The Balaban J connectivity index is 1.49. The Morgan fingerprint density at radius 3 is 3.00 bits per heavy atom. The van der Waals surface area contributed by atoms with Crippen LogP contribution in [0.15, 0.2) is 42.7 Å². The largest absolute Gasteiger partial charge is 0.490 e. The van der Waals surface area contributed by atoms with Crippen molar-refractivity contribution in [3.8, 4) is 5.75 Å². The molecule has 2 aliphatic heterocycles. The van der Waals surface area contributed by atoms with E-state index in [0.29, 0.717) is 6.04 Å². The molecule has 2 aromatic rings. The van der Waals surface area contributed by atoms with Crippen molar-refractivity contribution in [3.63, 3.8) is 0 Å². The van der Waals surface area contributed by atoms with Gasteiger partial charge in [-0.2, -0.15) is 0 Å². The van der Waals surface area contributed by atoms with E-state index in [1.54, 1.807) is 0 Å². The van der Waals surface area contributed by atoms with Gasteiger partial charge >= 0.3 is 0 Å². The van der Waals surface area contributed by atoms with Crippen LogP contribution < -0.4 is 9.64 Å². The van der Waals surface area contributed by atoms with Crippen LogP contribution in [0, 0.1) is 0 Å². The lowest BCUT2D eigenvalue weighted by Gasteiger charge is -2.22. The van der Waals surface area contributed by atoms with E-state index in [1.165, 1.54) is 30.6 Å². The fourth-order valence-corrected chi connectivity index (χ4v) is 3.62. The molecular weight excluding hydrogens is 285 g/mol. The van der Waals surface area contributed by atoms with Crippen LogP contribution in [0.5, 0.6) is 5.75 Å². The van der Waals surface area contributed by atoms with E-state index in [4.69, 9.17) is 4.74 Å². The maximum absolute atomic E-state index is 6.02. The third-order valence-electron chi connectivity index (χ3n) is 5.01. The molecule has 5 heteroatoms. The highest BCUT2D eigenvalue weighted by atomic mass is 16.5. The number of rotatable bonds is 4. The number of anilines is 2. The summed E-state index contributed by atoms with van der Waals surface area (Å²) in [5.41, 5.74) is 3.82. The Morgan fingerprint density at radius 1 is 1.22 bits per heavy atom. The van der Waals surface area contributed by atoms with Crippen LogP contribution in [-0.2, 0) is 6.42 Å². The molecule has 23 heavy (non-hydrogen) atoms. The highest BCUT2D eigenvalue weighted by Crippen LogP contribution is 2.35. The van der Waals surface area contributed by atoms with Crippen LogP contribution >= 0.6 is 0 Å². The topological polar surface area (TPSA) is 28.6 Å². The van der Waals surface area contributed by atoms with Crippen LogP contribution in [0.1, 0.15) is 18.4 Å². The molecular formula is C18H22BN3O. The van der Waals surface area contributed by atoms with Gasteiger partial charge in [-0.05, 0) is 37.4 Å². The third-order valence-corrected chi connectivity index (χ3v) is 5.01. The van der Waals surface area contributed by atoms with Gasteiger partial charge < -0.3 is 14.4 Å². The highest BCUT2D eigenvalue weighted by Gasteiger charge is 2.22. The van der Waals surface area contributed by atoms with E-state index in [1.807, 2.05) is 12.4 Å². The molecule has 0 bridgehead atoms. The number of fused-ring (bicyclic) bond motifs is 1. The summed E-state index contributed by atoms with van der Waals surface area (Å²) in [6.07, 6.45) is 7.34.